The number of carbonyl (C=O) groups is 1. The molecule has 1 aliphatic heterocycles. The highest BCUT2D eigenvalue weighted by Crippen LogP contribution is 2.28. The van der Waals surface area contributed by atoms with E-state index < -0.39 is 21.8 Å². The van der Waals surface area contributed by atoms with Crippen molar-refractivity contribution in [1.82, 2.24) is 13.7 Å². The molecule has 1 atom stereocenters. The third kappa shape index (κ3) is 2.47. The molecule has 1 aliphatic rings. The lowest BCUT2D eigenvalue weighted by atomic mass is 9.99. The van der Waals surface area contributed by atoms with Crippen LogP contribution in [0.15, 0.2) is 29.4 Å². The molecule has 1 fully saturated rings. The van der Waals surface area contributed by atoms with Crippen molar-refractivity contribution in [3.8, 4) is 0 Å². The van der Waals surface area contributed by atoms with Crippen LogP contribution in [0.25, 0.3) is 5.65 Å². The first-order chi connectivity index (χ1) is 10.4. The Labute approximate surface area is 132 Å². The third-order valence-corrected chi connectivity index (χ3v) is 6.08. The molecule has 2 aromatic rings. The Morgan fingerprint density at radius 1 is 1.41 bits per heavy atom. The van der Waals surface area contributed by atoms with E-state index in [1.54, 1.807) is 24.4 Å². The minimum atomic E-state index is -3.85. The quantitative estimate of drug-likeness (QED) is 0.895. The van der Waals surface area contributed by atoms with Crippen LogP contribution in [0.2, 0.25) is 5.15 Å². The highest BCUT2D eigenvalue weighted by Gasteiger charge is 2.35. The van der Waals surface area contributed by atoms with Gasteiger partial charge in [0.15, 0.2) is 10.2 Å². The smallest absolute Gasteiger partial charge is 0.262 e. The summed E-state index contributed by atoms with van der Waals surface area (Å²) in [7, 11) is -3.85. The van der Waals surface area contributed by atoms with E-state index in [0.717, 1.165) is 0 Å². The van der Waals surface area contributed by atoms with Gasteiger partial charge >= 0.3 is 0 Å². The van der Waals surface area contributed by atoms with Crippen molar-refractivity contribution in [2.24, 2.45) is 11.7 Å². The van der Waals surface area contributed by atoms with E-state index in [4.69, 9.17) is 17.3 Å². The van der Waals surface area contributed by atoms with Gasteiger partial charge in [-0.25, -0.2) is 13.4 Å². The monoisotopic (exact) mass is 342 g/mol. The molecule has 2 N–H and O–H groups in total. The number of carbonyl (C=O) groups excluding carboxylic acids is 1. The van der Waals surface area contributed by atoms with Gasteiger partial charge in [0.2, 0.25) is 5.91 Å². The predicted molar refractivity (Wildman–Crippen MR) is 80.9 cm³/mol. The molecule has 0 bridgehead atoms. The molecule has 0 aromatic carbocycles. The largest absolute Gasteiger partial charge is 0.369 e. The SMILES string of the molecule is NC(=O)[C@H]1CCCN(S(=O)(=O)c2c(Cl)nc3ccccn23)C1. The summed E-state index contributed by atoms with van der Waals surface area (Å²) in [4.78, 5) is 15.4. The average molecular weight is 343 g/mol. The van der Waals surface area contributed by atoms with Crippen LogP contribution >= 0.6 is 11.6 Å². The van der Waals surface area contributed by atoms with E-state index >= 15 is 0 Å². The number of halogens is 1. The molecule has 1 saturated heterocycles. The fraction of sp³-hybridized carbons (Fsp3) is 0.385. The molecule has 7 nitrogen and oxygen atoms in total. The molecule has 0 aliphatic carbocycles. The van der Waals surface area contributed by atoms with Gasteiger partial charge in [0, 0.05) is 19.3 Å². The van der Waals surface area contributed by atoms with Crippen LogP contribution in [-0.2, 0) is 14.8 Å². The number of primary amides is 1. The van der Waals surface area contributed by atoms with Crippen molar-refractivity contribution in [3.63, 3.8) is 0 Å². The second-order valence-corrected chi connectivity index (χ2v) is 7.45. The Hall–Kier alpha value is -1.64. The van der Waals surface area contributed by atoms with Crippen molar-refractivity contribution in [1.29, 1.82) is 0 Å². The molecule has 0 saturated carbocycles. The van der Waals surface area contributed by atoms with Crippen molar-refractivity contribution >= 4 is 33.2 Å². The van der Waals surface area contributed by atoms with Crippen LogP contribution in [0.5, 0.6) is 0 Å². The van der Waals surface area contributed by atoms with Crippen LogP contribution in [0, 0.1) is 5.92 Å². The zero-order valence-electron chi connectivity index (χ0n) is 11.6. The summed E-state index contributed by atoms with van der Waals surface area (Å²) in [5, 5.41) is -0.151. The second-order valence-electron chi connectivity index (χ2n) is 5.24. The molecule has 9 heteroatoms. The molecular formula is C13H15ClN4O3S. The average Bonchev–Trinajstić information content (AvgIpc) is 2.83. The Morgan fingerprint density at radius 2 is 2.18 bits per heavy atom. The fourth-order valence-corrected chi connectivity index (χ4v) is 4.81. The second kappa shape index (κ2) is 5.53. The van der Waals surface area contributed by atoms with E-state index in [-0.39, 0.29) is 16.7 Å². The number of sulfonamides is 1. The van der Waals surface area contributed by atoms with Crippen LogP contribution in [0.1, 0.15) is 12.8 Å². The minimum absolute atomic E-state index is 0.0742. The summed E-state index contributed by atoms with van der Waals surface area (Å²) in [5.41, 5.74) is 5.76. The standard InChI is InChI=1S/C13H15ClN4O3S/c14-11-13(18-7-2-1-5-10(18)16-11)22(20,21)17-6-3-4-9(8-17)12(15)19/h1-2,5,7,9H,3-4,6,8H2,(H2,15,19)/t9-/m0/s1. The Balaban J connectivity index is 2.05. The Bertz CT molecular complexity index is 833. The number of piperidine rings is 1. The van der Waals surface area contributed by atoms with E-state index in [1.807, 2.05) is 0 Å². The van der Waals surface area contributed by atoms with Crippen molar-refractivity contribution in [2.75, 3.05) is 13.1 Å². The van der Waals surface area contributed by atoms with Crippen LogP contribution in [-0.4, -0.2) is 41.1 Å². The van der Waals surface area contributed by atoms with Gasteiger partial charge in [0.05, 0.1) is 5.92 Å². The number of imidazole rings is 1. The van der Waals surface area contributed by atoms with E-state index in [1.165, 1.54) is 8.71 Å². The maximum atomic E-state index is 12.9. The molecule has 0 unspecified atom stereocenters. The van der Waals surface area contributed by atoms with Crippen molar-refractivity contribution < 1.29 is 13.2 Å². The molecule has 0 radical (unpaired) electrons. The fourth-order valence-electron chi connectivity index (χ4n) is 2.69. The summed E-state index contributed by atoms with van der Waals surface area (Å²) in [5.74, 6) is -0.953. The number of amides is 1. The van der Waals surface area contributed by atoms with Crippen LogP contribution in [0.4, 0.5) is 0 Å². The summed E-state index contributed by atoms with van der Waals surface area (Å²) >= 11 is 6.04. The normalized spacial score (nSPS) is 20.3. The highest BCUT2D eigenvalue weighted by molar-refractivity contribution is 7.89. The zero-order chi connectivity index (χ0) is 15.9. The van der Waals surface area contributed by atoms with E-state index in [0.29, 0.717) is 25.0 Å². The van der Waals surface area contributed by atoms with Crippen LogP contribution in [0.3, 0.4) is 0 Å². The van der Waals surface area contributed by atoms with Crippen LogP contribution < -0.4 is 5.73 Å². The molecular weight excluding hydrogens is 328 g/mol. The van der Waals surface area contributed by atoms with Crippen molar-refractivity contribution in [3.05, 3.63) is 29.5 Å². The van der Waals surface area contributed by atoms with Gasteiger partial charge in [0.25, 0.3) is 10.0 Å². The number of fused-ring (bicyclic) bond motifs is 1. The summed E-state index contributed by atoms with van der Waals surface area (Å²) in [6, 6.07) is 5.12. The highest BCUT2D eigenvalue weighted by atomic mass is 35.5. The number of rotatable bonds is 3. The Kier molecular flexibility index (Phi) is 3.84. The van der Waals surface area contributed by atoms with Gasteiger partial charge in [-0.05, 0) is 25.0 Å². The number of pyridine rings is 1. The first-order valence-corrected chi connectivity index (χ1v) is 8.65. The number of aromatic nitrogens is 2. The molecule has 3 rings (SSSR count). The first-order valence-electron chi connectivity index (χ1n) is 6.83. The lowest BCUT2D eigenvalue weighted by Crippen LogP contribution is -2.44. The van der Waals surface area contributed by atoms with Gasteiger partial charge in [-0.2, -0.15) is 4.31 Å². The zero-order valence-corrected chi connectivity index (χ0v) is 13.2. The number of hydrogen-bond donors (Lipinski definition) is 1. The molecule has 22 heavy (non-hydrogen) atoms. The summed E-state index contributed by atoms with van der Waals surface area (Å²) in [6.07, 6.45) is 2.78. The number of hydrogen-bond acceptors (Lipinski definition) is 4. The molecule has 118 valence electrons. The summed E-state index contributed by atoms with van der Waals surface area (Å²) in [6.45, 7) is 0.413. The number of nitrogens with two attached hydrogens (primary N) is 1. The van der Waals surface area contributed by atoms with Gasteiger partial charge in [-0.3, -0.25) is 9.20 Å². The molecule has 3 heterocycles. The van der Waals surface area contributed by atoms with E-state index in [9.17, 15) is 13.2 Å². The van der Waals surface area contributed by atoms with E-state index in [2.05, 4.69) is 4.98 Å². The lowest BCUT2D eigenvalue weighted by Gasteiger charge is -2.30. The molecule has 1 amide bonds. The van der Waals surface area contributed by atoms with Gasteiger partial charge in [-0.15, -0.1) is 0 Å². The minimum Gasteiger partial charge on any atom is -0.369 e. The van der Waals surface area contributed by atoms with Gasteiger partial charge in [0.1, 0.15) is 5.65 Å². The number of nitrogens with zero attached hydrogens (tertiary/aromatic N) is 3. The topological polar surface area (TPSA) is 97.8 Å². The maximum Gasteiger partial charge on any atom is 0.262 e. The Morgan fingerprint density at radius 3 is 2.91 bits per heavy atom. The molecule has 2 aromatic heterocycles. The predicted octanol–water partition coefficient (Wildman–Crippen LogP) is 0.874. The maximum absolute atomic E-state index is 12.9. The molecule has 0 spiro atoms. The van der Waals surface area contributed by atoms with Gasteiger partial charge in [-0.1, -0.05) is 17.7 Å². The third-order valence-electron chi connectivity index (χ3n) is 3.82. The van der Waals surface area contributed by atoms with Crippen molar-refractivity contribution in [2.45, 2.75) is 17.9 Å². The van der Waals surface area contributed by atoms with Gasteiger partial charge < -0.3 is 5.73 Å². The summed E-state index contributed by atoms with van der Waals surface area (Å²) < 4.78 is 28.5. The lowest BCUT2D eigenvalue weighted by molar-refractivity contribution is -0.122. The first kappa shape index (κ1) is 15.3.